The third kappa shape index (κ3) is 4.73. The number of fused-ring (bicyclic) bond motifs is 8. The molecule has 43 heavy (non-hydrogen) atoms. The summed E-state index contributed by atoms with van der Waals surface area (Å²) in [6.07, 6.45) is 8.28. The van der Waals surface area contributed by atoms with E-state index < -0.39 is 0 Å². The topological polar surface area (TPSA) is 69.4 Å². The molecule has 6 aromatic rings. The molecule has 5 nitrogen and oxygen atoms in total. The summed E-state index contributed by atoms with van der Waals surface area (Å²) in [4.78, 5) is 17.6. The van der Waals surface area contributed by atoms with Gasteiger partial charge in [0.05, 0.1) is 39.5 Å². The highest BCUT2D eigenvalue weighted by Gasteiger charge is 2.14. The molecule has 3 aromatic heterocycles. The fraction of sp³-hybridized carbons (Fsp3) is 0. The first-order valence-electron chi connectivity index (χ1n) is 14.3. The number of benzene rings is 3. The Morgan fingerprint density at radius 3 is 1.37 bits per heavy atom. The Bertz CT molecular complexity index is 2050. The number of para-hydroxylation sites is 1. The maximum Gasteiger partial charge on any atom is 0.0862 e. The molecule has 0 saturated heterocycles. The van der Waals surface area contributed by atoms with Crippen molar-refractivity contribution in [1.82, 2.24) is 19.9 Å². The van der Waals surface area contributed by atoms with Crippen molar-refractivity contribution in [1.29, 1.82) is 0 Å². The molecule has 0 spiro atoms. The zero-order valence-electron chi connectivity index (χ0n) is 23.3. The summed E-state index contributed by atoms with van der Waals surface area (Å²) in [6, 6.07) is 41.6. The van der Waals surface area contributed by atoms with E-state index in [1.165, 1.54) is 0 Å². The van der Waals surface area contributed by atoms with Gasteiger partial charge in [0.25, 0.3) is 0 Å². The number of hydrogen-bond acceptors (Lipinski definition) is 3. The second-order valence-electron chi connectivity index (χ2n) is 10.6. The summed E-state index contributed by atoms with van der Waals surface area (Å²) in [5.41, 5.74) is 13.7. The van der Waals surface area contributed by atoms with Gasteiger partial charge in [-0.05, 0) is 77.9 Å². The van der Waals surface area contributed by atoms with Crippen LogP contribution in [0, 0.1) is 0 Å². The molecular weight excluding hydrogens is 526 g/mol. The first-order chi connectivity index (χ1) is 21.3. The van der Waals surface area contributed by atoms with E-state index in [2.05, 4.69) is 125 Å². The zero-order valence-corrected chi connectivity index (χ0v) is 23.3. The first kappa shape index (κ1) is 24.8. The van der Waals surface area contributed by atoms with Gasteiger partial charge >= 0.3 is 0 Å². The van der Waals surface area contributed by atoms with E-state index in [0.717, 1.165) is 78.5 Å². The van der Waals surface area contributed by atoms with Crippen LogP contribution < -0.4 is 5.32 Å². The van der Waals surface area contributed by atoms with Crippen LogP contribution in [0.25, 0.3) is 68.6 Å². The Morgan fingerprint density at radius 1 is 0.442 bits per heavy atom. The van der Waals surface area contributed by atoms with Crippen molar-refractivity contribution < 1.29 is 0 Å². The molecule has 8 bridgehead atoms. The Hall–Kier alpha value is -5.94. The van der Waals surface area contributed by atoms with Crippen LogP contribution >= 0.6 is 0 Å². The van der Waals surface area contributed by atoms with Gasteiger partial charge in [0.1, 0.15) is 0 Å². The van der Waals surface area contributed by atoms with Gasteiger partial charge in [-0.25, -0.2) is 9.97 Å². The lowest BCUT2D eigenvalue weighted by Gasteiger charge is -2.08. The van der Waals surface area contributed by atoms with Crippen molar-refractivity contribution in [3.05, 3.63) is 144 Å². The van der Waals surface area contributed by atoms with Gasteiger partial charge in [0.15, 0.2) is 0 Å². The lowest BCUT2D eigenvalue weighted by molar-refractivity contribution is 1.28. The van der Waals surface area contributed by atoms with E-state index in [9.17, 15) is 0 Å². The summed E-state index contributed by atoms with van der Waals surface area (Å²) in [6.45, 7) is 0. The minimum Gasteiger partial charge on any atom is -0.353 e. The second-order valence-corrected chi connectivity index (χ2v) is 10.6. The van der Waals surface area contributed by atoms with E-state index >= 15 is 0 Å². The number of nitrogens with one attached hydrogen (secondary N) is 3. The molecule has 5 heterocycles. The number of aromatic nitrogens is 4. The number of hydrogen-bond donors (Lipinski definition) is 3. The van der Waals surface area contributed by atoms with Crippen molar-refractivity contribution in [3.8, 4) is 22.3 Å². The lowest BCUT2D eigenvalue weighted by atomic mass is 10.0. The molecule has 204 valence electrons. The molecule has 0 fully saturated rings. The molecular formula is C38H27N5. The van der Waals surface area contributed by atoms with Gasteiger partial charge in [0, 0.05) is 27.8 Å². The van der Waals surface area contributed by atoms with Gasteiger partial charge in [0.2, 0.25) is 0 Å². The fourth-order valence-electron chi connectivity index (χ4n) is 5.76. The van der Waals surface area contributed by atoms with Gasteiger partial charge < -0.3 is 15.3 Å². The van der Waals surface area contributed by atoms with Crippen LogP contribution in [-0.2, 0) is 0 Å². The summed E-state index contributed by atoms with van der Waals surface area (Å²) >= 11 is 0. The van der Waals surface area contributed by atoms with Crippen LogP contribution in [0.2, 0.25) is 0 Å². The maximum atomic E-state index is 5.05. The van der Waals surface area contributed by atoms with Gasteiger partial charge in [-0.15, -0.1) is 0 Å². The minimum atomic E-state index is 0.869. The van der Waals surface area contributed by atoms with Crippen LogP contribution in [-0.4, -0.2) is 19.9 Å². The summed E-state index contributed by atoms with van der Waals surface area (Å²) < 4.78 is 0. The highest BCUT2D eigenvalue weighted by Crippen LogP contribution is 2.34. The van der Waals surface area contributed by atoms with Gasteiger partial charge in [-0.1, -0.05) is 78.9 Å². The van der Waals surface area contributed by atoms with Crippen molar-refractivity contribution in [2.75, 3.05) is 5.32 Å². The molecule has 0 aliphatic carbocycles. The third-order valence-electron chi connectivity index (χ3n) is 7.75. The molecule has 0 unspecified atom stereocenters. The molecule has 0 radical (unpaired) electrons. The Kier molecular flexibility index (Phi) is 6.05. The molecule has 3 N–H and O–H groups in total. The van der Waals surface area contributed by atoms with Gasteiger partial charge in [-0.2, -0.15) is 0 Å². The minimum absolute atomic E-state index is 0.869. The lowest BCUT2D eigenvalue weighted by Crippen LogP contribution is -1.91. The van der Waals surface area contributed by atoms with Gasteiger partial charge in [-0.3, -0.25) is 0 Å². The SMILES string of the molecule is C1=Cc2nc1cc1nc(c(-c3ccccc3)c3ccc([nH]3)c(Nc3ccccc3)c3ccc([nH]3)c2-c2ccccc2)C=C1. The number of anilines is 2. The van der Waals surface area contributed by atoms with Crippen molar-refractivity contribution in [3.63, 3.8) is 0 Å². The van der Waals surface area contributed by atoms with Crippen molar-refractivity contribution in [2.45, 2.75) is 0 Å². The van der Waals surface area contributed by atoms with Crippen molar-refractivity contribution in [2.24, 2.45) is 0 Å². The predicted molar refractivity (Wildman–Crippen MR) is 179 cm³/mol. The molecule has 0 amide bonds. The van der Waals surface area contributed by atoms with Crippen LogP contribution in [0.3, 0.4) is 0 Å². The Morgan fingerprint density at radius 2 is 0.884 bits per heavy atom. The van der Waals surface area contributed by atoms with Crippen molar-refractivity contribution >= 4 is 57.7 Å². The molecule has 8 rings (SSSR count). The average molecular weight is 554 g/mol. The highest BCUT2D eigenvalue weighted by molar-refractivity contribution is 5.97. The first-order valence-corrected chi connectivity index (χ1v) is 14.3. The smallest absolute Gasteiger partial charge is 0.0862 e. The summed E-state index contributed by atoms with van der Waals surface area (Å²) in [5.74, 6) is 0. The standard InChI is InChI=1S/C38H27N5/c1-4-10-25(11-5-1)36-30-18-16-28(39-30)24-29-17-19-31(40-29)37(26-12-6-2-7-13-26)33-21-23-35(43-33)38(34-22-20-32(36)42-34)41-27-14-8-3-9-15-27/h1-24,41-43H. The quantitative estimate of drug-likeness (QED) is 0.203. The number of rotatable bonds is 4. The van der Waals surface area contributed by atoms with Crippen LogP contribution in [0.5, 0.6) is 0 Å². The summed E-state index contributed by atoms with van der Waals surface area (Å²) in [7, 11) is 0. The molecule has 0 atom stereocenters. The number of nitrogens with zero attached hydrogens (tertiary/aromatic N) is 2. The van der Waals surface area contributed by atoms with Crippen LogP contribution in [0.15, 0.2) is 121 Å². The second kappa shape index (κ2) is 10.5. The van der Waals surface area contributed by atoms with Crippen LogP contribution in [0.1, 0.15) is 22.8 Å². The normalized spacial score (nSPS) is 12.0. The molecule has 2 aliphatic rings. The largest absolute Gasteiger partial charge is 0.353 e. The average Bonchev–Trinajstić information content (AvgIpc) is 3.88. The molecule has 2 aliphatic heterocycles. The fourth-order valence-corrected chi connectivity index (χ4v) is 5.76. The zero-order chi connectivity index (χ0) is 28.6. The molecule has 3 aromatic carbocycles. The number of aromatic amines is 2. The van der Waals surface area contributed by atoms with E-state index in [1.54, 1.807) is 0 Å². The van der Waals surface area contributed by atoms with Crippen LogP contribution in [0.4, 0.5) is 11.4 Å². The third-order valence-corrected chi connectivity index (χ3v) is 7.75. The molecule has 5 heteroatoms. The Balaban J connectivity index is 1.50. The monoisotopic (exact) mass is 553 g/mol. The predicted octanol–water partition coefficient (Wildman–Crippen LogP) is 9.73. The number of H-pyrrole nitrogens is 2. The van der Waals surface area contributed by atoms with E-state index in [1.807, 2.05) is 36.4 Å². The highest BCUT2D eigenvalue weighted by atomic mass is 14.9. The van der Waals surface area contributed by atoms with E-state index in [-0.39, 0.29) is 0 Å². The molecule has 0 saturated carbocycles. The maximum absolute atomic E-state index is 5.05. The van der Waals surface area contributed by atoms with E-state index in [0.29, 0.717) is 0 Å². The summed E-state index contributed by atoms with van der Waals surface area (Å²) in [5, 5.41) is 3.68. The van der Waals surface area contributed by atoms with E-state index in [4.69, 9.17) is 9.97 Å². The Labute approximate surface area is 249 Å².